The number of hydrogen-bond acceptors (Lipinski definition) is 5. The Morgan fingerprint density at radius 3 is 2.25 bits per heavy atom. The molecule has 0 radical (unpaired) electrons. The lowest BCUT2D eigenvalue weighted by Crippen LogP contribution is -2.37. The summed E-state index contributed by atoms with van der Waals surface area (Å²) >= 11 is 0. The Balaban J connectivity index is 1.77. The zero-order valence-electron chi connectivity index (χ0n) is 16.2. The van der Waals surface area contributed by atoms with E-state index in [1.165, 1.54) is 12.0 Å². The molecule has 1 N–H and O–H groups in total. The molecular formula is C21H24N2O5. The molecule has 0 aliphatic rings. The maximum absolute atomic E-state index is 12.2. The molecule has 2 amide bonds. The maximum Gasteiger partial charge on any atom is 0.309 e. The number of anilines is 1. The van der Waals surface area contributed by atoms with Crippen molar-refractivity contribution in [3.05, 3.63) is 59.7 Å². The fraction of sp³-hybridized carbons (Fsp3) is 0.286. The van der Waals surface area contributed by atoms with E-state index in [0.717, 1.165) is 11.1 Å². The second-order valence-electron chi connectivity index (χ2n) is 6.35. The number of esters is 1. The summed E-state index contributed by atoms with van der Waals surface area (Å²) in [4.78, 5) is 36.8. The average molecular weight is 384 g/mol. The van der Waals surface area contributed by atoms with Crippen molar-refractivity contribution in [1.82, 2.24) is 4.90 Å². The Morgan fingerprint density at radius 1 is 1.00 bits per heavy atom. The smallest absolute Gasteiger partial charge is 0.309 e. The van der Waals surface area contributed by atoms with Crippen LogP contribution in [0, 0.1) is 6.92 Å². The second kappa shape index (κ2) is 10.1. The second-order valence-corrected chi connectivity index (χ2v) is 6.35. The van der Waals surface area contributed by atoms with E-state index in [2.05, 4.69) is 10.1 Å². The van der Waals surface area contributed by atoms with Crippen LogP contribution in [0.5, 0.6) is 5.75 Å². The van der Waals surface area contributed by atoms with Crippen LogP contribution in [0.4, 0.5) is 5.69 Å². The third-order valence-electron chi connectivity index (χ3n) is 4.00. The highest BCUT2D eigenvalue weighted by Gasteiger charge is 2.14. The van der Waals surface area contributed by atoms with Crippen molar-refractivity contribution in [2.24, 2.45) is 0 Å². The highest BCUT2D eigenvalue weighted by molar-refractivity contribution is 5.94. The van der Waals surface area contributed by atoms with Crippen molar-refractivity contribution in [2.75, 3.05) is 32.6 Å². The predicted octanol–water partition coefficient (Wildman–Crippen LogP) is 2.19. The first kappa shape index (κ1) is 21.0. The van der Waals surface area contributed by atoms with Crippen molar-refractivity contribution in [3.8, 4) is 5.75 Å². The van der Waals surface area contributed by atoms with E-state index in [9.17, 15) is 14.4 Å². The summed E-state index contributed by atoms with van der Waals surface area (Å²) < 4.78 is 10.1. The van der Waals surface area contributed by atoms with Gasteiger partial charge in [-0.15, -0.1) is 0 Å². The van der Waals surface area contributed by atoms with Crippen LogP contribution in [-0.2, 0) is 25.5 Å². The van der Waals surface area contributed by atoms with Gasteiger partial charge in [0.15, 0.2) is 6.61 Å². The molecule has 0 spiro atoms. The van der Waals surface area contributed by atoms with Crippen molar-refractivity contribution in [3.63, 3.8) is 0 Å². The number of aryl methyl sites for hydroxylation is 1. The molecule has 0 saturated heterocycles. The number of ether oxygens (including phenoxy) is 2. The normalized spacial score (nSPS) is 10.1. The van der Waals surface area contributed by atoms with E-state index in [1.807, 2.05) is 31.2 Å². The van der Waals surface area contributed by atoms with Crippen LogP contribution in [0.3, 0.4) is 0 Å². The zero-order valence-corrected chi connectivity index (χ0v) is 16.2. The highest BCUT2D eigenvalue weighted by atomic mass is 16.5. The average Bonchev–Trinajstić information content (AvgIpc) is 2.68. The number of likely N-dealkylation sites (N-methyl/N-ethyl adjacent to an activating group) is 1. The third-order valence-corrected chi connectivity index (χ3v) is 4.00. The molecule has 0 aliphatic heterocycles. The lowest BCUT2D eigenvalue weighted by atomic mass is 10.1. The minimum absolute atomic E-state index is 0.0753. The Hall–Kier alpha value is -3.35. The van der Waals surface area contributed by atoms with Gasteiger partial charge in [-0.1, -0.05) is 29.8 Å². The van der Waals surface area contributed by atoms with Gasteiger partial charge < -0.3 is 19.7 Å². The number of amides is 2. The summed E-state index contributed by atoms with van der Waals surface area (Å²) in [5.41, 5.74) is 2.57. The molecule has 7 nitrogen and oxygen atoms in total. The van der Waals surface area contributed by atoms with Gasteiger partial charge in [-0.2, -0.15) is 0 Å². The number of carbonyl (C=O) groups is 3. The first-order valence-corrected chi connectivity index (χ1v) is 8.76. The minimum Gasteiger partial charge on any atom is -0.484 e. The standard InChI is InChI=1S/C21H24N2O5/c1-15-4-8-17(9-5-15)22-19(24)13-23(2)20(25)14-28-18-10-6-16(7-11-18)12-21(26)27-3/h4-11H,12-14H2,1-3H3,(H,22,24). The fourth-order valence-electron chi connectivity index (χ4n) is 2.34. The zero-order chi connectivity index (χ0) is 20.5. The van der Waals surface area contributed by atoms with E-state index in [4.69, 9.17) is 4.74 Å². The van der Waals surface area contributed by atoms with Gasteiger partial charge in [0, 0.05) is 12.7 Å². The summed E-state index contributed by atoms with van der Waals surface area (Å²) in [6.07, 6.45) is 0.175. The molecule has 0 saturated carbocycles. The van der Waals surface area contributed by atoms with Gasteiger partial charge in [0.05, 0.1) is 20.1 Å². The Labute approximate surface area is 164 Å². The number of methoxy groups -OCH3 is 1. The maximum atomic E-state index is 12.2. The molecule has 0 bridgehead atoms. The Kier molecular flexibility index (Phi) is 7.56. The van der Waals surface area contributed by atoms with E-state index in [1.54, 1.807) is 31.3 Å². The summed E-state index contributed by atoms with van der Waals surface area (Å²) in [7, 11) is 2.88. The van der Waals surface area contributed by atoms with E-state index < -0.39 is 0 Å². The van der Waals surface area contributed by atoms with Crippen LogP contribution in [0.15, 0.2) is 48.5 Å². The predicted molar refractivity (Wildman–Crippen MR) is 105 cm³/mol. The summed E-state index contributed by atoms with van der Waals surface area (Å²) in [6, 6.07) is 14.2. The van der Waals surface area contributed by atoms with Crippen LogP contribution < -0.4 is 10.1 Å². The molecule has 7 heteroatoms. The molecule has 0 unspecified atom stereocenters. The third kappa shape index (κ3) is 6.75. The lowest BCUT2D eigenvalue weighted by Gasteiger charge is -2.17. The van der Waals surface area contributed by atoms with Crippen molar-refractivity contribution >= 4 is 23.5 Å². The molecular weight excluding hydrogens is 360 g/mol. The molecule has 2 rings (SSSR count). The van der Waals surface area contributed by atoms with Gasteiger partial charge in [0.1, 0.15) is 5.75 Å². The molecule has 0 fully saturated rings. The van der Waals surface area contributed by atoms with E-state index >= 15 is 0 Å². The molecule has 28 heavy (non-hydrogen) atoms. The van der Waals surface area contributed by atoms with Crippen LogP contribution in [0.1, 0.15) is 11.1 Å². The van der Waals surface area contributed by atoms with Crippen LogP contribution in [0.25, 0.3) is 0 Å². The first-order valence-electron chi connectivity index (χ1n) is 8.76. The summed E-state index contributed by atoms with van der Waals surface area (Å²) in [5.74, 6) is -0.432. The molecule has 0 aromatic heterocycles. The Bertz CT molecular complexity index is 816. The molecule has 148 valence electrons. The number of hydrogen-bond donors (Lipinski definition) is 1. The number of carbonyl (C=O) groups excluding carboxylic acids is 3. The van der Waals surface area contributed by atoms with Gasteiger partial charge in [-0.3, -0.25) is 14.4 Å². The topological polar surface area (TPSA) is 84.9 Å². The molecule has 0 aliphatic carbocycles. The fourth-order valence-corrected chi connectivity index (χ4v) is 2.34. The first-order chi connectivity index (χ1) is 13.4. The SMILES string of the molecule is COC(=O)Cc1ccc(OCC(=O)N(C)CC(=O)Nc2ccc(C)cc2)cc1. The summed E-state index contributed by atoms with van der Waals surface area (Å²) in [5, 5.41) is 2.74. The highest BCUT2D eigenvalue weighted by Crippen LogP contribution is 2.13. The minimum atomic E-state index is -0.325. The quantitative estimate of drug-likeness (QED) is 0.705. The van der Waals surface area contributed by atoms with Crippen LogP contribution in [0.2, 0.25) is 0 Å². The molecule has 2 aromatic rings. The Morgan fingerprint density at radius 2 is 1.64 bits per heavy atom. The number of benzene rings is 2. The largest absolute Gasteiger partial charge is 0.484 e. The van der Waals surface area contributed by atoms with Gasteiger partial charge in [-0.05, 0) is 36.8 Å². The monoisotopic (exact) mass is 384 g/mol. The van der Waals surface area contributed by atoms with Gasteiger partial charge in [-0.25, -0.2) is 0 Å². The van der Waals surface area contributed by atoms with Gasteiger partial charge in [0.2, 0.25) is 5.91 Å². The summed E-state index contributed by atoms with van der Waals surface area (Å²) in [6.45, 7) is 1.70. The molecule has 0 atom stereocenters. The van der Waals surface area contributed by atoms with Crippen LogP contribution >= 0.6 is 0 Å². The van der Waals surface area contributed by atoms with Gasteiger partial charge in [0.25, 0.3) is 5.91 Å². The van der Waals surface area contributed by atoms with E-state index in [0.29, 0.717) is 11.4 Å². The number of rotatable bonds is 8. The molecule has 2 aromatic carbocycles. The van der Waals surface area contributed by atoms with Crippen molar-refractivity contribution in [2.45, 2.75) is 13.3 Å². The van der Waals surface area contributed by atoms with Gasteiger partial charge >= 0.3 is 5.97 Å². The number of nitrogens with one attached hydrogen (secondary N) is 1. The van der Waals surface area contributed by atoms with E-state index in [-0.39, 0.29) is 37.4 Å². The lowest BCUT2D eigenvalue weighted by molar-refractivity contribution is -0.139. The molecule has 0 heterocycles. The van der Waals surface area contributed by atoms with Crippen molar-refractivity contribution < 1.29 is 23.9 Å². The van der Waals surface area contributed by atoms with Crippen molar-refractivity contribution in [1.29, 1.82) is 0 Å². The number of nitrogens with zero attached hydrogens (tertiary/aromatic N) is 1. The van der Waals surface area contributed by atoms with Crippen LogP contribution in [-0.4, -0.2) is 50.0 Å².